The summed E-state index contributed by atoms with van der Waals surface area (Å²) in [5.41, 5.74) is 1.56. The third-order valence-corrected chi connectivity index (χ3v) is 4.25. The number of nitriles is 1. The first kappa shape index (κ1) is 13.1. The summed E-state index contributed by atoms with van der Waals surface area (Å²) in [6.07, 6.45) is 2.99. The van der Waals surface area contributed by atoms with Crippen LogP contribution in [0.4, 0.5) is 0 Å². The van der Waals surface area contributed by atoms with Gasteiger partial charge in [-0.1, -0.05) is 38.1 Å². The lowest BCUT2D eigenvalue weighted by Crippen LogP contribution is -2.24. The van der Waals surface area contributed by atoms with Gasteiger partial charge in [0.2, 0.25) is 0 Å². The Morgan fingerprint density at radius 1 is 1.44 bits per heavy atom. The second-order valence-corrected chi connectivity index (χ2v) is 5.61. The van der Waals surface area contributed by atoms with Gasteiger partial charge in [-0.25, -0.2) is 0 Å². The van der Waals surface area contributed by atoms with Crippen LogP contribution in [0.1, 0.15) is 50.3 Å². The molecule has 18 heavy (non-hydrogen) atoms. The normalized spacial score (nSPS) is 28.9. The van der Waals surface area contributed by atoms with Crippen LogP contribution in [-0.2, 0) is 6.42 Å². The van der Waals surface area contributed by atoms with Crippen molar-refractivity contribution in [3.8, 4) is 6.07 Å². The lowest BCUT2D eigenvalue weighted by atomic mass is 9.78. The molecule has 2 nitrogen and oxygen atoms in total. The molecule has 1 aromatic rings. The first-order valence-electron chi connectivity index (χ1n) is 6.79. The predicted molar refractivity (Wildman–Crippen MR) is 71.8 cm³/mol. The molecule has 3 unspecified atom stereocenters. The summed E-state index contributed by atoms with van der Waals surface area (Å²) in [6.45, 7) is 4.27. The number of aliphatic hydroxyl groups excluding tert-OH is 1. The second-order valence-electron chi connectivity index (χ2n) is 5.61. The van der Waals surface area contributed by atoms with E-state index in [4.69, 9.17) is 0 Å². The second kappa shape index (κ2) is 5.12. The summed E-state index contributed by atoms with van der Waals surface area (Å²) in [6, 6.07) is 10.4. The van der Waals surface area contributed by atoms with Crippen LogP contribution in [0, 0.1) is 22.7 Å². The number of aliphatic hydroxyl groups is 1. The van der Waals surface area contributed by atoms with Crippen molar-refractivity contribution in [2.75, 3.05) is 0 Å². The van der Waals surface area contributed by atoms with Crippen molar-refractivity contribution in [3.05, 3.63) is 35.4 Å². The van der Waals surface area contributed by atoms with E-state index in [1.165, 1.54) is 5.56 Å². The van der Waals surface area contributed by atoms with E-state index in [0.29, 0.717) is 5.92 Å². The van der Waals surface area contributed by atoms with Gasteiger partial charge in [-0.15, -0.1) is 0 Å². The van der Waals surface area contributed by atoms with Crippen LogP contribution in [0.25, 0.3) is 0 Å². The van der Waals surface area contributed by atoms with Crippen LogP contribution >= 0.6 is 0 Å². The Balaban J connectivity index is 2.24. The van der Waals surface area contributed by atoms with Gasteiger partial charge in [-0.2, -0.15) is 5.26 Å². The zero-order valence-corrected chi connectivity index (χ0v) is 11.2. The number of hydrogen-bond donors (Lipinski definition) is 1. The minimum absolute atomic E-state index is 0.536. The smallest absolute Gasteiger partial charge is 0.0976 e. The molecule has 1 aromatic carbocycles. The summed E-state index contributed by atoms with van der Waals surface area (Å²) in [4.78, 5) is 0. The van der Waals surface area contributed by atoms with Gasteiger partial charge >= 0.3 is 0 Å². The molecule has 0 amide bonds. The minimum Gasteiger partial charge on any atom is -0.387 e. The first-order chi connectivity index (χ1) is 8.61. The van der Waals surface area contributed by atoms with Crippen molar-refractivity contribution in [3.63, 3.8) is 0 Å². The Labute approximate surface area is 109 Å². The van der Waals surface area contributed by atoms with Crippen LogP contribution < -0.4 is 0 Å². The summed E-state index contributed by atoms with van der Waals surface area (Å²) >= 11 is 0. The number of hydrogen-bond acceptors (Lipinski definition) is 2. The molecule has 2 rings (SSSR count). The van der Waals surface area contributed by atoms with Crippen molar-refractivity contribution in [1.82, 2.24) is 0 Å². The first-order valence-corrected chi connectivity index (χ1v) is 6.79. The highest BCUT2D eigenvalue weighted by Crippen LogP contribution is 2.49. The molecule has 96 valence electrons. The van der Waals surface area contributed by atoms with Gasteiger partial charge in [-0.3, -0.25) is 0 Å². The Morgan fingerprint density at radius 2 is 2.11 bits per heavy atom. The molecule has 0 saturated heterocycles. The van der Waals surface area contributed by atoms with Crippen molar-refractivity contribution in [2.45, 2.75) is 45.6 Å². The summed E-state index contributed by atoms with van der Waals surface area (Å²) < 4.78 is 0. The molecule has 0 heterocycles. The van der Waals surface area contributed by atoms with E-state index in [1.807, 2.05) is 24.3 Å². The van der Waals surface area contributed by atoms with Crippen LogP contribution in [0.15, 0.2) is 24.3 Å². The SMILES string of the molecule is CCc1ccc(C(O)C2(C#N)CCC(C)C2)cc1. The van der Waals surface area contributed by atoms with Crippen LogP contribution in [0.3, 0.4) is 0 Å². The van der Waals surface area contributed by atoms with Gasteiger partial charge < -0.3 is 5.11 Å². The largest absolute Gasteiger partial charge is 0.387 e. The molecule has 0 bridgehead atoms. The van der Waals surface area contributed by atoms with Crippen LogP contribution in [0.5, 0.6) is 0 Å². The Hall–Kier alpha value is -1.33. The highest BCUT2D eigenvalue weighted by molar-refractivity contribution is 5.28. The third-order valence-electron chi connectivity index (χ3n) is 4.25. The standard InChI is InChI=1S/C16H21NO/c1-3-13-4-6-14(7-5-13)15(18)16(11-17)9-8-12(2)10-16/h4-7,12,15,18H,3,8-10H2,1-2H3. The summed E-state index contributed by atoms with van der Waals surface area (Å²) in [5, 5.41) is 20.0. The van der Waals surface area contributed by atoms with E-state index in [2.05, 4.69) is 19.9 Å². The summed E-state index contributed by atoms with van der Waals surface area (Å²) in [5.74, 6) is 0.536. The zero-order valence-electron chi connectivity index (χ0n) is 11.2. The van der Waals surface area contributed by atoms with E-state index < -0.39 is 11.5 Å². The molecule has 3 atom stereocenters. The maximum absolute atomic E-state index is 10.5. The average Bonchev–Trinajstić information content (AvgIpc) is 2.81. The fourth-order valence-electron chi connectivity index (χ4n) is 3.00. The number of rotatable bonds is 3. The highest BCUT2D eigenvalue weighted by atomic mass is 16.3. The molecule has 0 spiro atoms. The van der Waals surface area contributed by atoms with E-state index in [1.54, 1.807) is 0 Å². The number of benzene rings is 1. The lowest BCUT2D eigenvalue weighted by molar-refractivity contribution is 0.0647. The lowest BCUT2D eigenvalue weighted by Gasteiger charge is -2.27. The molecule has 2 heteroatoms. The molecule has 1 aliphatic carbocycles. The Bertz CT molecular complexity index is 445. The molecule has 0 aromatic heterocycles. The van der Waals surface area contributed by atoms with Gasteiger partial charge in [0.1, 0.15) is 0 Å². The quantitative estimate of drug-likeness (QED) is 0.881. The van der Waals surface area contributed by atoms with E-state index in [9.17, 15) is 10.4 Å². The van der Waals surface area contributed by atoms with Crippen molar-refractivity contribution >= 4 is 0 Å². The van der Waals surface area contributed by atoms with Gasteiger partial charge in [0.05, 0.1) is 17.6 Å². The van der Waals surface area contributed by atoms with Crippen LogP contribution in [-0.4, -0.2) is 5.11 Å². The molecule has 1 N–H and O–H groups in total. The third kappa shape index (κ3) is 2.28. The average molecular weight is 243 g/mol. The molecule has 0 radical (unpaired) electrons. The van der Waals surface area contributed by atoms with Crippen molar-refractivity contribution < 1.29 is 5.11 Å². The van der Waals surface area contributed by atoms with Crippen LogP contribution in [0.2, 0.25) is 0 Å². The van der Waals surface area contributed by atoms with E-state index in [-0.39, 0.29) is 0 Å². The molecule has 0 aliphatic heterocycles. The Kier molecular flexibility index (Phi) is 3.73. The maximum Gasteiger partial charge on any atom is 0.0976 e. The molecular weight excluding hydrogens is 222 g/mol. The van der Waals surface area contributed by atoms with Gasteiger partial charge in [0.15, 0.2) is 0 Å². The fraction of sp³-hybridized carbons (Fsp3) is 0.562. The monoisotopic (exact) mass is 243 g/mol. The Morgan fingerprint density at radius 3 is 2.56 bits per heavy atom. The molecular formula is C16H21NO. The molecule has 1 saturated carbocycles. The van der Waals surface area contributed by atoms with Crippen molar-refractivity contribution in [2.24, 2.45) is 11.3 Å². The fourth-order valence-corrected chi connectivity index (χ4v) is 3.00. The zero-order chi connectivity index (χ0) is 13.2. The van der Waals surface area contributed by atoms with Gasteiger partial charge in [0.25, 0.3) is 0 Å². The molecule has 1 aliphatic rings. The maximum atomic E-state index is 10.5. The van der Waals surface area contributed by atoms with E-state index in [0.717, 1.165) is 31.2 Å². The van der Waals surface area contributed by atoms with Gasteiger partial charge in [-0.05, 0) is 42.7 Å². The predicted octanol–water partition coefficient (Wildman–Crippen LogP) is 3.61. The number of nitrogens with zero attached hydrogens (tertiary/aromatic N) is 1. The highest BCUT2D eigenvalue weighted by Gasteiger charge is 2.44. The number of aryl methyl sites for hydroxylation is 1. The topological polar surface area (TPSA) is 44.0 Å². The summed E-state index contributed by atoms with van der Waals surface area (Å²) in [7, 11) is 0. The van der Waals surface area contributed by atoms with E-state index >= 15 is 0 Å². The minimum atomic E-state index is -0.654. The van der Waals surface area contributed by atoms with Gasteiger partial charge in [0, 0.05) is 0 Å². The van der Waals surface area contributed by atoms with Crippen molar-refractivity contribution in [1.29, 1.82) is 5.26 Å². The molecule has 1 fully saturated rings.